The lowest BCUT2D eigenvalue weighted by atomic mass is 9.88. The molecule has 5 nitrogen and oxygen atoms in total. The molecule has 2 aliphatic rings. The largest absolute Gasteiger partial charge is 0.458 e. The molecule has 0 aromatic heterocycles. The van der Waals surface area contributed by atoms with Crippen LogP contribution in [0.25, 0.3) is 0 Å². The highest BCUT2D eigenvalue weighted by Crippen LogP contribution is 2.52. The SMILES string of the molecule is CC1(OC(=O)CN2C(=O)C(C)(C)COC2(C(F)(F)F)C(F)(F)F)CCCC1. The normalized spacial score (nSPS) is 24.8. The molecule has 0 bridgehead atoms. The molecular weight excluding hydrogens is 384 g/mol. The molecule has 0 spiro atoms. The number of rotatable bonds is 3. The summed E-state index contributed by atoms with van der Waals surface area (Å²) < 4.78 is 90.4. The molecule has 1 heterocycles. The van der Waals surface area contributed by atoms with E-state index in [1.807, 2.05) is 0 Å². The molecule has 2 rings (SSSR count). The summed E-state index contributed by atoms with van der Waals surface area (Å²) in [6.07, 6.45) is -9.68. The molecule has 0 unspecified atom stereocenters. The van der Waals surface area contributed by atoms with Gasteiger partial charge in [-0.3, -0.25) is 14.5 Å². The van der Waals surface area contributed by atoms with E-state index in [1.165, 1.54) is 0 Å². The summed E-state index contributed by atoms with van der Waals surface area (Å²) >= 11 is 0. The van der Waals surface area contributed by atoms with Crippen LogP contribution in [0.15, 0.2) is 0 Å². The van der Waals surface area contributed by atoms with E-state index in [2.05, 4.69) is 4.74 Å². The predicted octanol–water partition coefficient (Wildman–Crippen LogP) is 3.57. The monoisotopic (exact) mass is 405 g/mol. The zero-order valence-electron chi connectivity index (χ0n) is 15.1. The summed E-state index contributed by atoms with van der Waals surface area (Å²) in [6, 6.07) is 0. The van der Waals surface area contributed by atoms with Crippen molar-refractivity contribution < 1.29 is 45.4 Å². The number of alkyl halides is 6. The minimum absolute atomic E-state index is 0.443. The Kier molecular flexibility index (Phi) is 5.26. The molecule has 0 aromatic carbocycles. The highest BCUT2D eigenvalue weighted by molar-refractivity contribution is 5.87. The van der Waals surface area contributed by atoms with Crippen LogP contribution >= 0.6 is 0 Å². The summed E-state index contributed by atoms with van der Waals surface area (Å²) in [5.74, 6) is -2.83. The van der Waals surface area contributed by atoms with Gasteiger partial charge in [0, 0.05) is 0 Å². The number of carbonyl (C=O) groups is 2. The summed E-state index contributed by atoms with van der Waals surface area (Å²) in [5, 5.41) is 0. The summed E-state index contributed by atoms with van der Waals surface area (Å²) in [4.78, 5) is 24.0. The van der Waals surface area contributed by atoms with Crippen molar-refractivity contribution in [3.63, 3.8) is 0 Å². The van der Waals surface area contributed by atoms with E-state index in [0.29, 0.717) is 12.8 Å². The van der Waals surface area contributed by atoms with Crippen molar-refractivity contribution in [1.29, 1.82) is 0 Å². The standard InChI is InChI=1S/C16H21F6NO4/c1-12(2)9-26-14(15(17,18)19,16(20,21)22)23(11(12)25)8-10(24)27-13(3)6-4-5-7-13/h4-9H2,1-3H3. The fraction of sp³-hybridized carbons (Fsp3) is 0.875. The summed E-state index contributed by atoms with van der Waals surface area (Å²) in [6.45, 7) is 1.22. The van der Waals surface area contributed by atoms with Gasteiger partial charge in [-0.05, 0) is 46.5 Å². The highest BCUT2D eigenvalue weighted by atomic mass is 19.4. The number of esters is 1. The molecule has 0 aromatic rings. The van der Waals surface area contributed by atoms with Crippen molar-refractivity contribution >= 4 is 11.9 Å². The fourth-order valence-electron chi connectivity index (χ4n) is 3.41. The average Bonchev–Trinajstić information content (AvgIpc) is 2.87. The molecule has 1 aliphatic heterocycles. The molecule has 0 N–H and O–H groups in total. The lowest BCUT2D eigenvalue weighted by molar-refractivity contribution is -0.432. The minimum atomic E-state index is -6.01. The Morgan fingerprint density at radius 1 is 1.07 bits per heavy atom. The lowest BCUT2D eigenvalue weighted by Crippen LogP contribution is -2.76. The van der Waals surface area contributed by atoms with Gasteiger partial charge < -0.3 is 9.47 Å². The fourth-order valence-corrected chi connectivity index (χ4v) is 3.41. The Labute approximate surface area is 152 Å². The van der Waals surface area contributed by atoms with Gasteiger partial charge in [0.25, 0.3) is 0 Å². The summed E-state index contributed by atoms with van der Waals surface area (Å²) in [5.41, 5.74) is -7.54. The number of hydrogen-bond acceptors (Lipinski definition) is 4. The van der Waals surface area contributed by atoms with Crippen LogP contribution in [0.3, 0.4) is 0 Å². The molecule has 1 aliphatic carbocycles. The smallest absolute Gasteiger partial charge is 0.446 e. The number of ether oxygens (including phenoxy) is 2. The maximum atomic E-state index is 13.5. The van der Waals surface area contributed by atoms with E-state index < -0.39 is 59.0 Å². The number of halogens is 6. The number of nitrogens with zero attached hydrogens (tertiary/aromatic N) is 1. The molecule has 1 amide bonds. The van der Waals surface area contributed by atoms with Crippen LogP contribution in [0, 0.1) is 5.41 Å². The zero-order chi connectivity index (χ0) is 20.9. The second-order valence-corrected chi connectivity index (χ2v) is 7.83. The molecule has 156 valence electrons. The number of carbonyl (C=O) groups excluding carboxylic acids is 2. The van der Waals surface area contributed by atoms with Crippen molar-refractivity contribution in [2.24, 2.45) is 5.41 Å². The van der Waals surface area contributed by atoms with Gasteiger partial charge in [-0.15, -0.1) is 0 Å². The van der Waals surface area contributed by atoms with Gasteiger partial charge in [0.15, 0.2) is 0 Å². The Morgan fingerprint density at radius 3 is 2.00 bits per heavy atom. The van der Waals surface area contributed by atoms with Gasteiger partial charge in [0.2, 0.25) is 5.91 Å². The Bertz CT molecular complexity index is 593. The quantitative estimate of drug-likeness (QED) is 0.532. The van der Waals surface area contributed by atoms with Gasteiger partial charge in [-0.25, -0.2) is 0 Å². The first-order valence-electron chi connectivity index (χ1n) is 8.37. The lowest BCUT2D eigenvalue weighted by Gasteiger charge is -2.51. The molecule has 11 heteroatoms. The molecule has 2 fully saturated rings. The minimum Gasteiger partial charge on any atom is -0.458 e. The molecule has 0 atom stereocenters. The van der Waals surface area contributed by atoms with E-state index in [9.17, 15) is 35.9 Å². The van der Waals surface area contributed by atoms with Crippen LogP contribution in [0.5, 0.6) is 0 Å². The van der Waals surface area contributed by atoms with Crippen LogP contribution < -0.4 is 0 Å². The molecular formula is C16H21F6NO4. The second kappa shape index (κ2) is 6.52. The van der Waals surface area contributed by atoms with E-state index in [4.69, 9.17) is 4.74 Å². The van der Waals surface area contributed by atoms with Gasteiger partial charge in [0.05, 0.1) is 12.0 Å². The highest BCUT2D eigenvalue weighted by Gasteiger charge is 2.79. The zero-order valence-corrected chi connectivity index (χ0v) is 15.1. The molecule has 27 heavy (non-hydrogen) atoms. The Morgan fingerprint density at radius 2 is 1.56 bits per heavy atom. The van der Waals surface area contributed by atoms with Gasteiger partial charge in [-0.1, -0.05) is 0 Å². The van der Waals surface area contributed by atoms with Gasteiger partial charge >= 0.3 is 24.0 Å². The van der Waals surface area contributed by atoms with Crippen LogP contribution in [-0.4, -0.2) is 53.6 Å². The van der Waals surface area contributed by atoms with Crippen molar-refractivity contribution in [2.45, 2.75) is 70.1 Å². The Hall–Kier alpha value is -1.52. The topological polar surface area (TPSA) is 55.8 Å². The first-order chi connectivity index (χ1) is 12.1. The molecule has 1 saturated carbocycles. The van der Waals surface area contributed by atoms with Crippen LogP contribution in [-0.2, 0) is 19.1 Å². The third kappa shape index (κ3) is 3.74. The van der Waals surface area contributed by atoms with E-state index in [0.717, 1.165) is 26.7 Å². The van der Waals surface area contributed by atoms with E-state index >= 15 is 0 Å². The van der Waals surface area contributed by atoms with Crippen molar-refractivity contribution in [3.8, 4) is 0 Å². The Balaban J connectivity index is 2.41. The number of hydrogen-bond donors (Lipinski definition) is 0. The van der Waals surface area contributed by atoms with E-state index in [1.54, 1.807) is 6.92 Å². The van der Waals surface area contributed by atoms with Gasteiger partial charge in [-0.2, -0.15) is 26.3 Å². The van der Waals surface area contributed by atoms with E-state index in [-0.39, 0.29) is 0 Å². The third-order valence-electron chi connectivity index (χ3n) is 4.92. The maximum Gasteiger partial charge on any atom is 0.446 e. The van der Waals surface area contributed by atoms with Crippen LogP contribution in [0.4, 0.5) is 26.3 Å². The second-order valence-electron chi connectivity index (χ2n) is 7.83. The van der Waals surface area contributed by atoms with Crippen molar-refractivity contribution in [2.75, 3.05) is 13.2 Å². The maximum absolute atomic E-state index is 13.5. The van der Waals surface area contributed by atoms with Crippen molar-refractivity contribution in [1.82, 2.24) is 4.90 Å². The number of amides is 1. The molecule has 0 radical (unpaired) electrons. The summed E-state index contributed by atoms with van der Waals surface area (Å²) in [7, 11) is 0. The first kappa shape index (κ1) is 21.8. The predicted molar refractivity (Wildman–Crippen MR) is 79.3 cm³/mol. The van der Waals surface area contributed by atoms with Crippen LogP contribution in [0.2, 0.25) is 0 Å². The molecule has 1 saturated heterocycles. The van der Waals surface area contributed by atoms with Crippen LogP contribution in [0.1, 0.15) is 46.5 Å². The first-order valence-corrected chi connectivity index (χ1v) is 8.37. The average molecular weight is 405 g/mol. The van der Waals surface area contributed by atoms with Gasteiger partial charge in [0.1, 0.15) is 12.1 Å². The third-order valence-corrected chi connectivity index (χ3v) is 4.92. The van der Waals surface area contributed by atoms with Crippen molar-refractivity contribution in [3.05, 3.63) is 0 Å².